The molecule has 94 valence electrons. The fourth-order valence-corrected chi connectivity index (χ4v) is 4.13. The average molecular weight is 255 g/mol. The number of nitrogen functional groups attached to an aromatic ring is 1. The predicted octanol–water partition coefficient (Wildman–Crippen LogP) is 3.09. The summed E-state index contributed by atoms with van der Waals surface area (Å²) in [6.07, 6.45) is 4.14. The van der Waals surface area contributed by atoms with Gasteiger partial charge < -0.3 is 5.73 Å². The molecule has 2 rings (SSSR count). The van der Waals surface area contributed by atoms with Gasteiger partial charge in [-0.2, -0.15) is 0 Å². The average Bonchev–Trinajstić information content (AvgIpc) is 2.28. The van der Waals surface area contributed by atoms with Crippen LogP contribution in [0.1, 0.15) is 32.6 Å². The highest BCUT2D eigenvalue weighted by Crippen LogP contribution is 2.30. The SMILES string of the molecule is CC1CCCC(S(=O)c2ccc(N)cc2F)C1. The minimum atomic E-state index is -1.24. The second-order valence-corrected chi connectivity index (χ2v) is 6.58. The van der Waals surface area contributed by atoms with Gasteiger partial charge in [0.05, 0.1) is 15.7 Å². The van der Waals surface area contributed by atoms with Gasteiger partial charge in [-0.1, -0.05) is 19.8 Å². The van der Waals surface area contributed by atoms with Gasteiger partial charge in [-0.3, -0.25) is 4.21 Å². The fraction of sp³-hybridized carbons (Fsp3) is 0.538. The van der Waals surface area contributed by atoms with Gasteiger partial charge in [-0.25, -0.2) is 4.39 Å². The van der Waals surface area contributed by atoms with Crippen LogP contribution in [-0.2, 0) is 10.8 Å². The lowest BCUT2D eigenvalue weighted by Gasteiger charge is -2.26. The number of benzene rings is 1. The van der Waals surface area contributed by atoms with Crippen LogP contribution < -0.4 is 5.73 Å². The van der Waals surface area contributed by atoms with Crippen LogP contribution in [0.25, 0.3) is 0 Å². The highest BCUT2D eigenvalue weighted by molar-refractivity contribution is 7.85. The minimum Gasteiger partial charge on any atom is -0.399 e. The Morgan fingerprint density at radius 1 is 1.41 bits per heavy atom. The first-order valence-corrected chi connectivity index (χ1v) is 7.25. The Kier molecular flexibility index (Phi) is 3.82. The van der Waals surface area contributed by atoms with Gasteiger partial charge in [0.15, 0.2) is 0 Å². The van der Waals surface area contributed by atoms with Crippen molar-refractivity contribution in [1.29, 1.82) is 0 Å². The van der Waals surface area contributed by atoms with Crippen LogP contribution in [0, 0.1) is 11.7 Å². The molecule has 1 fully saturated rings. The number of nitrogens with two attached hydrogens (primary N) is 1. The zero-order chi connectivity index (χ0) is 12.4. The Morgan fingerprint density at radius 3 is 2.82 bits per heavy atom. The molecule has 1 saturated carbocycles. The van der Waals surface area contributed by atoms with Crippen LogP contribution in [0.2, 0.25) is 0 Å². The minimum absolute atomic E-state index is 0.0943. The molecule has 3 atom stereocenters. The first-order valence-electron chi connectivity index (χ1n) is 6.03. The van der Waals surface area contributed by atoms with E-state index in [4.69, 9.17) is 5.73 Å². The lowest BCUT2D eigenvalue weighted by atomic mass is 9.91. The molecule has 3 unspecified atom stereocenters. The predicted molar refractivity (Wildman–Crippen MR) is 68.6 cm³/mol. The summed E-state index contributed by atoms with van der Waals surface area (Å²) < 4.78 is 26.0. The van der Waals surface area contributed by atoms with E-state index in [0.717, 1.165) is 19.3 Å². The van der Waals surface area contributed by atoms with Crippen LogP contribution in [-0.4, -0.2) is 9.46 Å². The second kappa shape index (κ2) is 5.17. The summed E-state index contributed by atoms with van der Waals surface area (Å²) in [6.45, 7) is 2.17. The van der Waals surface area contributed by atoms with E-state index in [1.54, 1.807) is 12.1 Å². The van der Waals surface area contributed by atoms with E-state index in [1.165, 1.54) is 12.5 Å². The van der Waals surface area contributed by atoms with Gasteiger partial charge in [0.1, 0.15) is 5.82 Å². The lowest BCUT2D eigenvalue weighted by molar-refractivity contribution is 0.389. The molecule has 1 aromatic rings. The van der Waals surface area contributed by atoms with Gasteiger partial charge in [0, 0.05) is 10.9 Å². The fourth-order valence-electron chi connectivity index (χ4n) is 2.43. The smallest absolute Gasteiger partial charge is 0.141 e. The van der Waals surface area contributed by atoms with Gasteiger partial charge in [0.2, 0.25) is 0 Å². The largest absolute Gasteiger partial charge is 0.399 e. The molecule has 0 saturated heterocycles. The summed E-state index contributed by atoms with van der Waals surface area (Å²) in [5.74, 6) is 0.149. The molecule has 0 amide bonds. The third-order valence-corrected chi connectivity index (χ3v) is 5.16. The van der Waals surface area contributed by atoms with E-state index in [-0.39, 0.29) is 5.25 Å². The van der Waals surface area contributed by atoms with Gasteiger partial charge in [-0.05, 0) is 37.0 Å². The van der Waals surface area contributed by atoms with Crippen molar-refractivity contribution in [3.63, 3.8) is 0 Å². The zero-order valence-corrected chi connectivity index (χ0v) is 10.8. The molecule has 0 spiro atoms. The maximum absolute atomic E-state index is 13.7. The number of halogens is 1. The van der Waals surface area contributed by atoms with E-state index in [9.17, 15) is 8.60 Å². The van der Waals surface area contributed by atoms with Crippen molar-refractivity contribution in [2.24, 2.45) is 5.92 Å². The van der Waals surface area contributed by atoms with E-state index in [1.807, 2.05) is 0 Å². The van der Waals surface area contributed by atoms with E-state index in [0.29, 0.717) is 16.5 Å². The molecule has 0 aromatic heterocycles. The lowest BCUT2D eigenvalue weighted by Crippen LogP contribution is -2.23. The summed E-state index contributed by atoms with van der Waals surface area (Å²) in [4.78, 5) is 0.304. The monoisotopic (exact) mass is 255 g/mol. The van der Waals surface area contributed by atoms with Crippen molar-refractivity contribution in [3.8, 4) is 0 Å². The maximum atomic E-state index is 13.7. The molecule has 0 radical (unpaired) electrons. The molecular formula is C13H18FNOS. The summed E-state index contributed by atoms with van der Waals surface area (Å²) in [7, 11) is -1.24. The molecule has 0 aliphatic heterocycles. The highest BCUT2D eigenvalue weighted by Gasteiger charge is 2.26. The van der Waals surface area contributed by atoms with Crippen molar-refractivity contribution in [3.05, 3.63) is 24.0 Å². The van der Waals surface area contributed by atoms with Crippen molar-refractivity contribution >= 4 is 16.5 Å². The van der Waals surface area contributed by atoms with Crippen molar-refractivity contribution in [1.82, 2.24) is 0 Å². The van der Waals surface area contributed by atoms with Crippen LogP contribution in [0.3, 0.4) is 0 Å². The Balaban J connectivity index is 2.18. The van der Waals surface area contributed by atoms with Crippen LogP contribution in [0.4, 0.5) is 10.1 Å². The van der Waals surface area contributed by atoms with Gasteiger partial charge >= 0.3 is 0 Å². The molecule has 0 heterocycles. The van der Waals surface area contributed by atoms with Crippen molar-refractivity contribution < 1.29 is 8.60 Å². The van der Waals surface area contributed by atoms with Gasteiger partial charge in [-0.15, -0.1) is 0 Å². The zero-order valence-electron chi connectivity index (χ0n) is 9.99. The summed E-state index contributed by atoms with van der Waals surface area (Å²) >= 11 is 0. The van der Waals surface area contributed by atoms with Crippen molar-refractivity contribution in [2.45, 2.75) is 42.8 Å². The third-order valence-electron chi connectivity index (χ3n) is 3.36. The van der Waals surface area contributed by atoms with Gasteiger partial charge in [0.25, 0.3) is 0 Å². The van der Waals surface area contributed by atoms with Crippen LogP contribution >= 0.6 is 0 Å². The Bertz CT molecular complexity index is 435. The molecule has 1 aliphatic rings. The third kappa shape index (κ3) is 2.86. The Morgan fingerprint density at radius 2 is 2.18 bits per heavy atom. The number of anilines is 1. The maximum Gasteiger partial charge on any atom is 0.141 e. The Labute approximate surface area is 104 Å². The summed E-state index contributed by atoms with van der Waals surface area (Å²) in [5.41, 5.74) is 5.86. The second-order valence-electron chi connectivity index (χ2n) is 4.88. The first-order chi connectivity index (χ1) is 8.08. The number of hydrogen-bond acceptors (Lipinski definition) is 2. The normalized spacial score (nSPS) is 26.7. The molecule has 1 aromatic carbocycles. The first kappa shape index (κ1) is 12.6. The molecule has 4 heteroatoms. The molecule has 2 N–H and O–H groups in total. The standard InChI is InChI=1S/C13H18FNOS/c1-9-3-2-4-11(7-9)17(16)13-6-5-10(15)8-12(13)14/h5-6,8-9,11H,2-4,7,15H2,1H3. The summed E-state index contributed by atoms with van der Waals surface area (Å²) in [6, 6.07) is 4.42. The molecular weight excluding hydrogens is 237 g/mol. The molecule has 1 aliphatic carbocycles. The van der Waals surface area contributed by atoms with E-state index in [2.05, 4.69) is 6.92 Å². The van der Waals surface area contributed by atoms with Crippen LogP contribution in [0.5, 0.6) is 0 Å². The molecule has 17 heavy (non-hydrogen) atoms. The summed E-state index contributed by atoms with van der Waals surface area (Å²) in [5, 5.41) is 0.0943. The van der Waals surface area contributed by atoms with E-state index >= 15 is 0 Å². The quantitative estimate of drug-likeness (QED) is 0.825. The number of rotatable bonds is 2. The Hall–Kier alpha value is -0.900. The number of hydrogen-bond donors (Lipinski definition) is 1. The van der Waals surface area contributed by atoms with Crippen LogP contribution in [0.15, 0.2) is 23.1 Å². The van der Waals surface area contributed by atoms with E-state index < -0.39 is 16.6 Å². The topological polar surface area (TPSA) is 43.1 Å². The highest BCUT2D eigenvalue weighted by atomic mass is 32.2. The molecule has 2 nitrogen and oxygen atoms in total. The molecule has 0 bridgehead atoms. The van der Waals surface area contributed by atoms with Crippen molar-refractivity contribution in [2.75, 3.05) is 5.73 Å².